The normalized spacial score (nSPS) is 11.5. The zero-order valence-corrected chi connectivity index (χ0v) is 8.57. The lowest BCUT2D eigenvalue weighted by Crippen LogP contribution is -1.94. The van der Waals surface area contributed by atoms with E-state index in [1.54, 1.807) is 0 Å². The molecule has 0 aromatic rings. The second kappa shape index (κ2) is 5.60. The van der Waals surface area contributed by atoms with Gasteiger partial charge in [-0.15, -0.1) is 6.58 Å². The molecule has 0 aliphatic rings. The van der Waals surface area contributed by atoms with Crippen LogP contribution in [0.5, 0.6) is 0 Å². The fraction of sp³-hybridized carbons (Fsp3) is 0.778. The summed E-state index contributed by atoms with van der Waals surface area (Å²) in [5, 5.41) is 0. The van der Waals surface area contributed by atoms with Gasteiger partial charge in [-0.2, -0.15) is 0 Å². The third-order valence-corrected chi connectivity index (χ3v) is 5.56. The van der Waals surface area contributed by atoms with E-state index in [1.807, 2.05) is 19.9 Å². The van der Waals surface area contributed by atoms with Crippen LogP contribution in [0.2, 0.25) is 0 Å². The van der Waals surface area contributed by atoms with Crippen LogP contribution in [-0.2, 0) is 4.57 Å². The van der Waals surface area contributed by atoms with Crippen molar-refractivity contribution in [3.8, 4) is 0 Å². The Bertz CT molecular complexity index is 144. The van der Waals surface area contributed by atoms with Crippen molar-refractivity contribution < 1.29 is 4.57 Å². The molecular weight excluding hydrogens is 155 g/mol. The molecule has 66 valence electrons. The molecule has 0 N–H and O–H groups in total. The minimum absolute atomic E-state index is 0.862. The highest BCUT2D eigenvalue weighted by Crippen LogP contribution is 2.45. The molecule has 0 aliphatic heterocycles. The van der Waals surface area contributed by atoms with Gasteiger partial charge in [0.15, 0.2) is 0 Å². The van der Waals surface area contributed by atoms with Gasteiger partial charge >= 0.3 is 0 Å². The van der Waals surface area contributed by atoms with Gasteiger partial charge in [-0.1, -0.05) is 19.9 Å². The zero-order valence-electron chi connectivity index (χ0n) is 7.68. The predicted octanol–water partition coefficient (Wildman–Crippen LogP) is 3.36. The summed E-state index contributed by atoms with van der Waals surface area (Å²) in [5.74, 6) is 0. The van der Waals surface area contributed by atoms with Crippen molar-refractivity contribution in [2.24, 2.45) is 0 Å². The predicted molar refractivity (Wildman–Crippen MR) is 53.0 cm³/mol. The molecule has 0 aromatic carbocycles. The third-order valence-electron chi connectivity index (χ3n) is 2.13. The lowest BCUT2D eigenvalue weighted by Gasteiger charge is -2.12. The monoisotopic (exact) mass is 174 g/mol. The first-order chi connectivity index (χ1) is 5.18. The summed E-state index contributed by atoms with van der Waals surface area (Å²) in [7, 11) is -1.76. The lowest BCUT2D eigenvalue weighted by atomic mass is 10.3. The number of rotatable bonds is 6. The molecule has 0 atom stereocenters. The van der Waals surface area contributed by atoms with Crippen LogP contribution >= 0.6 is 7.14 Å². The summed E-state index contributed by atoms with van der Waals surface area (Å²) in [4.78, 5) is 0. The second-order valence-electron chi connectivity index (χ2n) is 2.85. The molecule has 0 aliphatic carbocycles. The van der Waals surface area contributed by atoms with Gasteiger partial charge in [0, 0.05) is 6.16 Å². The highest BCUT2D eigenvalue weighted by atomic mass is 31.2. The maximum atomic E-state index is 11.8. The summed E-state index contributed by atoms with van der Waals surface area (Å²) in [6.07, 6.45) is 6.58. The van der Waals surface area contributed by atoms with E-state index in [1.165, 1.54) is 0 Å². The molecule has 0 fully saturated rings. The fourth-order valence-electron chi connectivity index (χ4n) is 1.06. The van der Waals surface area contributed by atoms with Gasteiger partial charge in [0.05, 0.1) is 7.14 Å². The quantitative estimate of drug-likeness (QED) is 0.343. The Hall–Kier alpha value is -0.0300. The number of hydrogen-bond acceptors (Lipinski definition) is 1. The van der Waals surface area contributed by atoms with E-state index in [0.717, 1.165) is 31.3 Å². The fourth-order valence-corrected chi connectivity index (χ4v) is 2.90. The molecule has 0 radical (unpaired) electrons. The van der Waals surface area contributed by atoms with Crippen LogP contribution in [0.25, 0.3) is 0 Å². The van der Waals surface area contributed by atoms with Crippen LogP contribution in [0.4, 0.5) is 0 Å². The molecule has 0 spiro atoms. The summed E-state index contributed by atoms with van der Waals surface area (Å²) in [6.45, 7) is 7.69. The highest BCUT2D eigenvalue weighted by Gasteiger charge is 2.14. The molecule has 0 aromatic heterocycles. The van der Waals surface area contributed by atoms with Crippen molar-refractivity contribution in [3.63, 3.8) is 0 Å². The van der Waals surface area contributed by atoms with Gasteiger partial charge in [-0.3, -0.25) is 0 Å². The van der Waals surface area contributed by atoms with E-state index in [4.69, 9.17) is 0 Å². The van der Waals surface area contributed by atoms with Crippen LogP contribution in [0.1, 0.15) is 26.7 Å². The first-order valence-corrected chi connectivity index (χ1v) is 6.62. The van der Waals surface area contributed by atoms with Crippen molar-refractivity contribution in [3.05, 3.63) is 12.7 Å². The van der Waals surface area contributed by atoms with Crippen molar-refractivity contribution in [1.29, 1.82) is 0 Å². The average Bonchev–Trinajstić information content (AvgIpc) is 2.05. The molecule has 0 unspecified atom stereocenters. The van der Waals surface area contributed by atoms with Gasteiger partial charge in [-0.05, 0) is 25.2 Å². The van der Waals surface area contributed by atoms with E-state index in [2.05, 4.69) is 6.58 Å². The molecule has 0 amide bonds. The van der Waals surface area contributed by atoms with E-state index in [9.17, 15) is 4.57 Å². The van der Waals surface area contributed by atoms with Crippen LogP contribution in [0.3, 0.4) is 0 Å². The Morgan fingerprint density at radius 1 is 1.36 bits per heavy atom. The Labute approximate surface area is 70.3 Å². The first kappa shape index (κ1) is 11.0. The van der Waals surface area contributed by atoms with Gasteiger partial charge in [-0.25, -0.2) is 0 Å². The zero-order chi connectivity index (χ0) is 8.74. The van der Waals surface area contributed by atoms with Crippen molar-refractivity contribution in [1.82, 2.24) is 0 Å². The minimum Gasteiger partial charge on any atom is -0.324 e. The molecule has 0 saturated carbocycles. The standard InChI is InChI=1S/C9H19OP/c1-4-7-8-9-11(10,5-2)6-3/h4H,1,5-9H2,2-3H3. The van der Waals surface area contributed by atoms with Gasteiger partial charge in [0.2, 0.25) is 0 Å². The maximum absolute atomic E-state index is 11.8. The van der Waals surface area contributed by atoms with Crippen LogP contribution < -0.4 is 0 Å². The lowest BCUT2D eigenvalue weighted by molar-refractivity contribution is 0.574. The molecule has 0 heterocycles. The number of allylic oxidation sites excluding steroid dienone is 1. The van der Waals surface area contributed by atoms with Crippen molar-refractivity contribution >= 4 is 7.14 Å². The van der Waals surface area contributed by atoms with Crippen LogP contribution in [-0.4, -0.2) is 18.5 Å². The molecule has 1 nitrogen and oxygen atoms in total. The van der Waals surface area contributed by atoms with Crippen LogP contribution in [0.15, 0.2) is 12.7 Å². The molecule has 2 heteroatoms. The first-order valence-electron chi connectivity index (χ1n) is 4.36. The van der Waals surface area contributed by atoms with Crippen molar-refractivity contribution in [2.75, 3.05) is 18.5 Å². The summed E-state index contributed by atoms with van der Waals surface area (Å²) in [6, 6.07) is 0. The number of unbranched alkanes of at least 4 members (excludes halogenated alkanes) is 1. The molecule has 0 rings (SSSR count). The Morgan fingerprint density at radius 3 is 2.27 bits per heavy atom. The topological polar surface area (TPSA) is 17.1 Å². The van der Waals surface area contributed by atoms with Crippen LogP contribution in [0, 0.1) is 0 Å². The molecule has 0 saturated heterocycles. The smallest absolute Gasteiger partial charge is 0.0872 e. The summed E-state index contributed by atoms with van der Waals surface area (Å²) in [5.41, 5.74) is 0. The molecular formula is C9H19OP. The van der Waals surface area contributed by atoms with E-state index in [-0.39, 0.29) is 0 Å². The largest absolute Gasteiger partial charge is 0.324 e. The minimum atomic E-state index is -1.76. The summed E-state index contributed by atoms with van der Waals surface area (Å²) < 4.78 is 11.8. The van der Waals surface area contributed by atoms with Gasteiger partial charge < -0.3 is 4.57 Å². The second-order valence-corrected chi connectivity index (χ2v) is 6.67. The Kier molecular flexibility index (Phi) is 5.58. The maximum Gasteiger partial charge on any atom is 0.0872 e. The molecule has 0 bridgehead atoms. The number of hydrogen-bond donors (Lipinski definition) is 0. The van der Waals surface area contributed by atoms with Crippen molar-refractivity contribution in [2.45, 2.75) is 26.7 Å². The highest BCUT2D eigenvalue weighted by molar-refractivity contribution is 7.63. The van der Waals surface area contributed by atoms with Gasteiger partial charge in [0.1, 0.15) is 0 Å². The van der Waals surface area contributed by atoms with Gasteiger partial charge in [0.25, 0.3) is 0 Å². The molecule has 11 heavy (non-hydrogen) atoms. The third kappa shape index (κ3) is 4.42. The van der Waals surface area contributed by atoms with E-state index < -0.39 is 7.14 Å². The Morgan fingerprint density at radius 2 is 1.91 bits per heavy atom. The van der Waals surface area contributed by atoms with E-state index >= 15 is 0 Å². The van der Waals surface area contributed by atoms with E-state index in [0.29, 0.717) is 0 Å². The Balaban J connectivity index is 3.69. The SMILES string of the molecule is C=CCCCP(=O)(CC)CC. The summed E-state index contributed by atoms with van der Waals surface area (Å²) >= 11 is 0. The average molecular weight is 174 g/mol.